The van der Waals surface area contributed by atoms with Gasteiger partial charge in [0.1, 0.15) is 0 Å². The van der Waals surface area contributed by atoms with Gasteiger partial charge in [0.2, 0.25) is 0 Å². The van der Waals surface area contributed by atoms with Crippen molar-refractivity contribution in [2.75, 3.05) is 0 Å². The Hall–Kier alpha value is -7.06. The second kappa shape index (κ2) is 13.9. The summed E-state index contributed by atoms with van der Waals surface area (Å²) in [5, 5.41) is 15.6. The smallest absolute Gasteiger partial charge is 0.0633 e. The van der Waals surface area contributed by atoms with Crippen molar-refractivity contribution in [1.29, 1.82) is 0 Å². The Kier molecular flexibility index (Phi) is 8.12. The molecule has 57 heavy (non-hydrogen) atoms. The average Bonchev–Trinajstić information content (AvgIpc) is 3.28. The van der Waals surface area contributed by atoms with Gasteiger partial charge in [0, 0.05) is 0 Å². The largest absolute Gasteiger partial charge is 0.0875 e. The van der Waals surface area contributed by atoms with Crippen LogP contribution in [-0.2, 0) is 0 Å². The van der Waals surface area contributed by atoms with Crippen LogP contribution in [-0.4, -0.2) is 9.52 Å². The third kappa shape index (κ3) is 5.83. The molecule has 1 heteroatoms. The van der Waals surface area contributed by atoms with Crippen molar-refractivity contribution in [3.8, 4) is 44.5 Å². The number of fused-ring (bicyclic) bond motifs is 5. The van der Waals surface area contributed by atoms with Crippen LogP contribution in [0.1, 0.15) is 0 Å². The third-order valence-electron chi connectivity index (χ3n) is 11.8. The van der Waals surface area contributed by atoms with E-state index in [2.05, 4.69) is 218 Å². The van der Waals surface area contributed by atoms with Gasteiger partial charge in [-0.05, 0) is 117 Å². The highest BCUT2D eigenvalue weighted by Crippen LogP contribution is 2.47. The van der Waals surface area contributed by atoms with E-state index in [1.54, 1.807) is 0 Å². The van der Waals surface area contributed by atoms with Crippen LogP contribution in [0.4, 0.5) is 0 Å². The molecule has 0 atom stereocenters. The van der Waals surface area contributed by atoms with Gasteiger partial charge in [0.05, 0.1) is 9.52 Å². The Balaban J connectivity index is 1.26. The Morgan fingerprint density at radius 2 is 0.649 bits per heavy atom. The summed E-state index contributed by atoms with van der Waals surface area (Å²) in [7, 11) is -0.709. The molecule has 0 amide bonds. The van der Waals surface area contributed by atoms with E-state index in [1.165, 1.54) is 109 Å². The van der Waals surface area contributed by atoms with Crippen LogP contribution in [0.3, 0.4) is 0 Å². The molecule has 266 valence electrons. The summed E-state index contributed by atoms with van der Waals surface area (Å²) in [6.07, 6.45) is 0. The molecule has 0 saturated carbocycles. The van der Waals surface area contributed by atoms with Crippen LogP contribution in [0, 0.1) is 0 Å². The van der Waals surface area contributed by atoms with Gasteiger partial charge in [-0.15, -0.1) is 0 Å². The maximum Gasteiger partial charge on any atom is 0.0875 e. The molecule has 0 aliphatic carbocycles. The molecule has 0 heterocycles. The minimum Gasteiger partial charge on any atom is -0.0633 e. The Bertz CT molecular complexity index is 3210. The molecule has 0 aliphatic rings. The summed E-state index contributed by atoms with van der Waals surface area (Å²) < 4.78 is 0. The van der Waals surface area contributed by atoms with Crippen molar-refractivity contribution in [2.45, 2.75) is 0 Å². The molecule has 0 N–H and O–H groups in total. The van der Waals surface area contributed by atoms with E-state index in [9.17, 15) is 0 Å². The van der Waals surface area contributed by atoms with E-state index in [-0.39, 0.29) is 0 Å². The minimum atomic E-state index is -0.709. The number of benzene rings is 11. The molecule has 0 aliphatic heterocycles. The lowest BCUT2D eigenvalue weighted by Gasteiger charge is -2.21. The second-order valence-corrected chi connectivity index (χ2v) is 17.2. The van der Waals surface area contributed by atoms with Gasteiger partial charge in [-0.1, -0.05) is 211 Å². The van der Waals surface area contributed by atoms with E-state index < -0.39 is 9.52 Å². The summed E-state index contributed by atoms with van der Waals surface area (Å²) >= 11 is 0. The molecular weight excluding hydrogens is 701 g/mol. The minimum absolute atomic E-state index is 0.709. The van der Waals surface area contributed by atoms with Crippen LogP contribution < -0.4 is 10.4 Å². The lowest BCUT2D eigenvalue weighted by molar-refractivity contribution is 1.61. The fourth-order valence-corrected chi connectivity index (χ4v) is 10.8. The molecule has 0 radical (unpaired) electrons. The van der Waals surface area contributed by atoms with Crippen LogP contribution in [0.15, 0.2) is 218 Å². The first-order valence-corrected chi connectivity index (χ1v) is 21.3. The topological polar surface area (TPSA) is 0 Å². The highest BCUT2D eigenvalue weighted by Gasteiger charge is 2.20. The lowest BCUT2D eigenvalue weighted by Crippen LogP contribution is -2.26. The second-order valence-electron chi connectivity index (χ2n) is 15.2. The first-order chi connectivity index (χ1) is 28.3. The van der Waals surface area contributed by atoms with Gasteiger partial charge in [0.25, 0.3) is 0 Å². The summed E-state index contributed by atoms with van der Waals surface area (Å²) in [6, 6.07) is 81.4. The van der Waals surface area contributed by atoms with Crippen molar-refractivity contribution in [1.82, 2.24) is 0 Å². The van der Waals surface area contributed by atoms with Crippen molar-refractivity contribution in [2.24, 2.45) is 0 Å². The van der Waals surface area contributed by atoms with Crippen molar-refractivity contribution in [3.63, 3.8) is 0 Å². The first-order valence-electron chi connectivity index (χ1n) is 19.9. The molecule has 11 aromatic rings. The van der Waals surface area contributed by atoms with Gasteiger partial charge < -0.3 is 0 Å². The molecule has 11 aromatic carbocycles. The Morgan fingerprint density at radius 1 is 0.228 bits per heavy atom. The highest BCUT2D eigenvalue weighted by atomic mass is 28.2. The third-order valence-corrected chi connectivity index (χ3v) is 13.5. The molecule has 0 fully saturated rings. The Labute approximate surface area is 335 Å². The first kappa shape index (κ1) is 33.3. The Morgan fingerprint density at radius 3 is 1.23 bits per heavy atom. The highest BCUT2D eigenvalue weighted by molar-refractivity contribution is 6.67. The number of rotatable bonds is 6. The SMILES string of the molecule is c1ccc([SiH2]c2ccc3c(-c4cc(-c5cccc6ccccc56)cc(-c5cccc6ccccc56)c4)c4ccccc4c(-c4cccc5ccccc45)c3c2)cc1. The predicted octanol–water partition coefficient (Wildman–Crippen LogP) is 13.2. The zero-order valence-electron chi connectivity index (χ0n) is 31.5. The normalized spacial score (nSPS) is 11.8. The van der Waals surface area contributed by atoms with E-state index in [4.69, 9.17) is 0 Å². The fourth-order valence-electron chi connectivity index (χ4n) is 9.25. The summed E-state index contributed by atoms with van der Waals surface area (Å²) in [5.74, 6) is 0. The molecule has 0 saturated heterocycles. The van der Waals surface area contributed by atoms with Crippen molar-refractivity contribution < 1.29 is 0 Å². The predicted molar refractivity (Wildman–Crippen MR) is 250 cm³/mol. The molecule has 0 aromatic heterocycles. The molecule has 0 unspecified atom stereocenters. The summed E-state index contributed by atoms with van der Waals surface area (Å²) in [4.78, 5) is 0. The lowest BCUT2D eigenvalue weighted by atomic mass is 9.83. The molecule has 0 spiro atoms. The maximum absolute atomic E-state index is 2.53. The molecule has 0 nitrogen and oxygen atoms in total. The average molecular weight is 739 g/mol. The molecule has 11 rings (SSSR count). The van der Waals surface area contributed by atoms with Crippen LogP contribution in [0.2, 0.25) is 0 Å². The van der Waals surface area contributed by atoms with E-state index >= 15 is 0 Å². The van der Waals surface area contributed by atoms with Crippen molar-refractivity contribution in [3.05, 3.63) is 218 Å². The number of hydrogen-bond acceptors (Lipinski definition) is 0. The van der Waals surface area contributed by atoms with Gasteiger partial charge in [-0.25, -0.2) is 0 Å². The monoisotopic (exact) mass is 738 g/mol. The van der Waals surface area contributed by atoms with Gasteiger partial charge in [-0.3, -0.25) is 0 Å². The molecular formula is C56H38Si. The zero-order valence-corrected chi connectivity index (χ0v) is 32.9. The maximum atomic E-state index is 2.53. The van der Waals surface area contributed by atoms with E-state index in [0.29, 0.717) is 0 Å². The van der Waals surface area contributed by atoms with E-state index in [1.807, 2.05) is 0 Å². The standard InChI is InChI=1S/C56H38Si/c1-2-21-43(22-3-1)57-44-31-32-53-54(36-44)56(50-30-14-20-39-17-6-9-25-47(39)50)52-27-11-10-26-51(52)55(53)42-34-40(48-28-12-18-37-15-4-7-23-45(37)48)33-41(35-42)49-29-13-19-38-16-5-8-24-46(38)49/h1-36H,57H2. The molecule has 0 bridgehead atoms. The van der Waals surface area contributed by atoms with Crippen LogP contribution in [0.25, 0.3) is 98.4 Å². The van der Waals surface area contributed by atoms with Gasteiger partial charge in [0.15, 0.2) is 0 Å². The van der Waals surface area contributed by atoms with E-state index in [0.717, 1.165) is 0 Å². The summed E-state index contributed by atoms with van der Waals surface area (Å²) in [5.41, 5.74) is 10.0. The van der Waals surface area contributed by atoms with Crippen molar-refractivity contribution >= 4 is 73.8 Å². The quantitative estimate of drug-likeness (QED) is 0.118. The van der Waals surface area contributed by atoms with Crippen LogP contribution >= 0.6 is 0 Å². The fraction of sp³-hybridized carbons (Fsp3) is 0. The number of hydrogen-bond donors (Lipinski definition) is 0. The summed E-state index contributed by atoms with van der Waals surface area (Å²) in [6.45, 7) is 0. The van der Waals surface area contributed by atoms with Crippen LogP contribution in [0.5, 0.6) is 0 Å². The zero-order chi connectivity index (χ0) is 37.7. The van der Waals surface area contributed by atoms with Gasteiger partial charge in [-0.2, -0.15) is 0 Å². The van der Waals surface area contributed by atoms with Gasteiger partial charge >= 0.3 is 0 Å².